The van der Waals surface area contributed by atoms with Crippen LogP contribution in [0.2, 0.25) is 0 Å². The van der Waals surface area contributed by atoms with Gasteiger partial charge >= 0.3 is 5.97 Å². The smallest absolute Gasteiger partial charge is 0.322 e. The van der Waals surface area contributed by atoms with E-state index in [1.807, 2.05) is 13.8 Å². The minimum atomic E-state index is -1.19. The Morgan fingerprint density at radius 3 is 2.43 bits per heavy atom. The number of imide groups is 1. The molecule has 0 aromatic heterocycles. The number of nitrogens with one attached hydrogen (secondary N) is 3. The Labute approximate surface area is 136 Å². The molecule has 0 aromatic carbocycles. The summed E-state index contributed by atoms with van der Waals surface area (Å²) in [5.74, 6) is -2.80. The highest BCUT2D eigenvalue weighted by Gasteiger charge is 2.34. The lowest BCUT2D eigenvalue weighted by molar-refractivity contribution is -0.138. The predicted molar refractivity (Wildman–Crippen MR) is 81.6 cm³/mol. The van der Waals surface area contributed by atoms with Gasteiger partial charge in [-0.3, -0.25) is 29.3 Å². The molecule has 1 saturated heterocycles. The molecule has 0 bridgehead atoms. The lowest BCUT2D eigenvalue weighted by Crippen LogP contribution is -2.49. The van der Waals surface area contributed by atoms with Gasteiger partial charge in [0.05, 0.1) is 0 Å². The molecule has 1 aliphatic rings. The molecule has 1 aliphatic heterocycles. The summed E-state index contributed by atoms with van der Waals surface area (Å²) in [5.41, 5.74) is 0. The average Bonchev–Trinajstić information content (AvgIpc) is 2.72. The molecule has 1 fully saturated rings. The molecule has 9 nitrogen and oxygen atoms in total. The van der Waals surface area contributed by atoms with E-state index in [1.54, 1.807) is 0 Å². The van der Waals surface area contributed by atoms with Gasteiger partial charge in [0.2, 0.25) is 17.7 Å². The molecule has 0 aromatic rings. The second-order valence-corrected chi connectivity index (χ2v) is 6.62. The van der Waals surface area contributed by atoms with E-state index in [1.165, 1.54) is 0 Å². The van der Waals surface area contributed by atoms with Gasteiger partial charge < -0.3 is 15.7 Å². The zero-order chi connectivity index (χ0) is 17.6. The first-order valence-corrected chi connectivity index (χ1v) is 7.87. The summed E-state index contributed by atoms with van der Waals surface area (Å²) in [6, 6.07) is -0.896. The largest absolute Gasteiger partial charge is 0.480 e. The number of carbonyl (C=O) groups excluding carboxylic acids is 4. The summed E-state index contributed by atoms with van der Waals surface area (Å²) in [6.07, 6.45) is 0.0865. The van der Waals surface area contributed by atoms with E-state index >= 15 is 0 Å². The SMILES string of the molecule is CC(C)C[C@H](NC(=O)CC1SC(=O)NC1=O)C(=O)NCC(=O)O. The summed E-state index contributed by atoms with van der Waals surface area (Å²) >= 11 is 0.727. The highest BCUT2D eigenvalue weighted by atomic mass is 32.2. The number of thioether (sulfide) groups is 1. The minimum Gasteiger partial charge on any atom is -0.480 e. The number of hydrogen-bond acceptors (Lipinski definition) is 6. The van der Waals surface area contributed by atoms with E-state index in [9.17, 15) is 24.0 Å². The van der Waals surface area contributed by atoms with Gasteiger partial charge in [0.25, 0.3) is 5.24 Å². The van der Waals surface area contributed by atoms with Gasteiger partial charge in [0.15, 0.2) is 0 Å². The molecule has 2 atom stereocenters. The fraction of sp³-hybridized carbons (Fsp3) is 0.615. The van der Waals surface area contributed by atoms with Crippen molar-refractivity contribution >= 4 is 40.7 Å². The van der Waals surface area contributed by atoms with Gasteiger partial charge in [-0.2, -0.15) is 0 Å². The lowest BCUT2D eigenvalue weighted by Gasteiger charge is -2.20. The van der Waals surface area contributed by atoms with Crippen LogP contribution in [0.15, 0.2) is 0 Å². The van der Waals surface area contributed by atoms with Crippen LogP contribution in [0.1, 0.15) is 26.7 Å². The van der Waals surface area contributed by atoms with Crippen molar-refractivity contribution in [3.05, 3.63) is 0 Å². The maximum Gasteiger partial charge on any atom is 0.322 e. The second kappa shape index (κ2) is 8.51. The standard InChI is InChI=1S/C13H19N3O6S/c1-6(2)3-7(11(20)14-5-10(18)19)15-9(17)4-8-12(21)16-13(22)23-8/h6-8H,3-5H2,1-2H3,(H,14,20)(H,15,17)(H,18,19)(H,16,21,22)/t7-,8?/m0/s1. The fourth-order valence-corrected chi connectivity index (χ4v) is 2.76. The normalized spacial score (nSPS) is 18.5. The molecule has 0 radical (unpaired) electrons. The Balaban J connectivity index is 2.59. The van der Waals surface area contributed by atoms with Gasteiger partial charge in [0.1, 0.15) is 17.8 Å². The van der Waals surface area contributed by atoms with Crippen molar-refractivity contribution in [2.75, 3.05) is 6.54 Å². The molecule has 0 saturated carbocycles. The molecule has 4 N–H and O–H groups in total. The molecular weight excluding hydrogens is 326 g/mol. The van der Waals surface area contributed by atoms with Crippen LogP contribution in [0, 0.1) is 5.92 Å². The molecule has 1 heterocycles. The summed E-state index contributed by atoms with van der Waals surface area (Å²) in [4.78, 5) is 56.9. The van der Waals surface area contributed by atoms with Crippen LogP contribution in [0.5, 0.6) is 0 Å². The third-order valence-electron chi connectivity index (χ3n) is 2.91. The molecular formula is C13H19N3O6S. The predicted octanol–water partition coefficient (Wildman–Crippen LogP) is -0.540. The van der Waals surface area contributed by atoms with Crippen LogP contribution in [-0.4, -0.2) is 51.9 Å². The lowest BCUT2D eigenvalue weighted by atomic mass is 10.0. The van der Waals surface area contributed by atoms with E-state index in [2.05, 4.69) is 16.0 Å². The van der Waals surface area contributed by atoms with Gasteiger partial charge in [-0.05, 0) is 12.3 Å². The third kappa shape index (κ3) is 6.68. The zero-order valence-corrected chi connectivity index (χ0v) is 13.6. The van der Waals surface area contributed by atoms with Crippen LogP contribution >= 0.6 is 11.8 Å². The first-order chi connectivity index (χ1) is 10.7. The molecule has 0 spiro atoms. The number of carboxylic acid groups (broad SMARTS) is 1. The fourth-order valence-electron chi connectivity index (χ4n) is 1.94. The van der Waals surface area contributed by atoms with E-state index in [-0.39, 0.29) is 12.3 Å². The quantitative estimate of drug-likeness (QED) is 0.463. The number of hydrogen-bond donors (Lipinski definition) is 4. The van der Waals surface area contributed by atoms with Crippen molar-refractivity contribution in [1.29, 1.82) is 0 Å². The summed E-state index contributed by atoms with van der Waals surface area (Å²) in [7, 11) is 0. The maximum atomic E-state index is 12.0. The Kier molecular flexibility index (Phi) is 7.01. The van der Waals surface area contributed by atoms with E-state index in [0.29, 0.717) is 6.42 Å². The van der Waals surface area contributed by atoms with Gasteiger partial charge in [0, 0.05) is 6.42 Å². The Bertz CT molecular complexity index is 522. The van der Waals surface area contributed by atoms with Crippen LogP contribution in [0.4, 0.5) is 4.79 Å². The van der Waals surface area contributed by atoms with Gasteiger partial charge in [-0.15, -0.1) is 0 Å². The van der Waals surface area contributed by atoms with Crippen molar-refractivity contribution in [1.82, 2.24) is 16.0 Å². The van der Waals surface area contributed by atoms with Crippen molar-refractivity contribution in [2.24, 2.45) is 5.92 Å². The van der Waals surface area contributed by atoms with Gasteiger partial charge in [-0.1, -0.05) is 25.6 Å². The Hall–Kier alpha value is -2.10. The molecule has 1 unspecified atom stereocenters. The molecule has 1 rings (SSSR count). The Morgan fingerprint density at radius 1 is 1.30 bits per heavy atom. The third-order valence-corrected chi connectivity index (χ3v) is 3.89. The molecule has 10 heteroatoms. The number of aliphatic carboxylic acids is 1. The zero-order valence-electron chi connectivity index (χ0n) is 12.8. The van der Waals surface area contributed by atoms with Crippen molar-refractivity contribution < 1.29 is 29.1 Å². The average molecular weight is 345 g/mol. The number of carboxylic acids is 1. The van der Waals surface area contributed by atoms with E-state index in [4.69, 9.17) is 5.11 Å². The minimum absolute atomic E-state index is 0.0848. The summed E-state index contributed by atoms with van der Waals surface area (Å²) < 4.78 is 0. The number of carbonyl (C=O) groups is 5. The van der Waals surface area contributed by atoms with Crippen LogP contribution in [-0.2, 0) is 19.2 Å². The monoisotopic (exact) mass is 345 g/mol. The number of amides is 4. The van der Waals surface area contributed by atoms with Gasteiger partial charge in [-0.25, -0.2) is 0 Å². The molecule has 23 heavy (non-hydrogen) atoms. The van der Waals surface area contributed by atoms with Crippen LogP contribution < -0.4 is 16.0 Å². The molecule has 128 valence electrons. The summed E-state index contributed by atoms with van der Waals surface area (Å²) in [5, 5.41) is 14.0. The Morgan fingerprint density at radius 2 is 1.96 bits per heavy atom. The van der Waals surface area contributed by atoms with E-state index in [0.717, 1.165) is 11.8 Å². The first kappa shape index (κ1) is 18.9. The maximum absolute atomic E-state index is 12.0. The van der Waals surface area contributed by atoms with E-state index < -0.39 is 46.8 Å². The van der Waals surface area contributed by atoms with Crippen molar-refractivity contribution in [3.63, 3.8) is 0 Å². The molecule has 4 amide bonds. The van der Waals surface area contributed by atoms with Crippen molar-refractivity contribution in [2.45, 2.75) is 38.0 Å². The second-order valence-electron chi connectivity index (χ2n) is 5.45. The first-order valence-electron chi connectivity index (χ1n) is 6.99. The van der Waals surface area contributed by atoms with Crippen LogP contribution in [0.25, 0.3) is 0 Å². The number of rotatable bonds is 8. The summed E-state index contributed by atoms with van der Waals surface area (Å²) in [6.45, 7) is 3.16. The van der Waals surface area contributed by atoms with Crippen molar-refractivity contribution in [3.8, 4) is 0 Å². The molecule has 0 aliphatic carbocycles. The highest BCUT2D eigenvalue weighted by molar-refractivity contribution is 8.15. The highest BCUT2D eigenvalue weighted by Crippen LogP contribution is 2.21. The topological polar surface area (TPSA) is 142 Å². The van der Waals surface area contributed by atoms with Crippen LogP contribution in [0.3, 0.4) is 0 Å².